The highest BCUT2D eigenvalue weighted by Crippen LogP contribution is 2.35. The maximum absolute atomic E-state index is 4.33. The Morgan fingerprint density at radius 3 is 3.20 bits per heavy atom. The average Bonchev–Trinajstić information content (AvgIpc) is 2.59. The third-order valence-corrected chi connectivity index (χ3v) is 3.46. The molecule has 1 aliphatic rings. The van der Waals surface area contributed by atoms with Gasteiger partial charge in [0.2, 0.25) is 0 Å². The maximum Gasteiger partial charge on any atom is 0.129 e. The number of rotatable bonds is 1. The van der Waals surface area contributed by atoms with Crippen molar-refractivity contribution >= 4 is 29.3 Å². The minimum absolute atomic E-state index is 0.403. The van der Waals surface area contributed by atoms with E-state index in [2.05, 4.69) is 22.5 Å². The van der Waals surface area contributed by atoms with Crippen LogP contribution in [0.3, 0.4) is 0 Å². The number of nitrogens with zero attached hydrogens (tertiary/aromatic N) is 1. The van der Waals surface area contributed by atoms with Crippen LogP contribution in [0, 0.1) is 0 Å². The zero-order valence-corrected chi connectivity index (χ0v) is 6.99. The van der Waals surface area contributed by atoms with E-state index in [-0.39, 0.29) is 0 Å². The van der Waals surface area contributed by atoms with Crippen molar-refractivity contribution in [2.75, 3.05) is 5.75 Å². The van der Waals surface area contributed by atoms with Crippen LogP contribution < -0.4 is 0 Å². The van der Waals surface area contributed by atoms with Crippen molar-refractivity contribution in [1.29, 1.82) is 0 Å². The molecule has 1 aromatic rings. The molecular formula is C7H7NS2. The Balaban J connectivity index is 2.20. The third kappa shape index (κ3) is 1.11. The van der Waals surface area contributed by atoms with E-state index in [1.807, 2.05) is 18.0 Å². The summed E-state index contributed by atoms with van der Waals surface area (Å²) in [6.45, 7) is 0. The predicted molar refractivity (Wildman–Crippen MR) is 48.0 cm³/mol. The lowest BCUT2D eigenvalue weighted by molar-refractivity contribution is 1.09. The second-order valence-corrected chi connectivity index (χ2v) is 4.13. The Kier molecular flexibility index (Phi) is 1.78. The van der Waals surface area contributed by atoms with Crippen LogP contribution in [-0.4, -0.2) is 12.0 Å². The molecule has 10 heavy (non-hydrogen) atoms. The fourth-order valence-corrected chi connectivity index (χ4v) is 2.69. The standard InChI is InChI=1S/C7H7NS2/c1-2-6(9-4-1)7-8-3-5-10-7/h1-4,7H,5H2. The Morgan fingerprint density at radius 1 is 1.60 bits per heavy atom. The van der Waals surface area contributed by atoms with E-state index in [0.29, 0.717) is 5.37 Å². The Hall–Kier alpha value is -0.280. The van der Waals surface area contributed by atoms with Gasteiger partial charge in [0.1, 0.15) is 5.37 Å². The molecule has 52 valence electrons. The van der Waals surface area contributed by atoms with E-state index >= 15 is 0 Å². The van der Waals surface area contributed by atoms with Crippen molar-refractivity contribution in [2.45, 2.75) is 5.37 Å². The zero-order valence-electron chi connectivity index (χ0n) is 5.36. The molecule has 0 saturated heterocycles. The first kappa shape index (κ1) is 6.43. The van der Waals surface area contributed by atoms with Crippen molar-refractivity contribution in [1.82, 2.24) is 0 Å². The van der Waals surface area contributed by atoms with Crippen molar-refractivity contribution in [2.24, 2.45) is 4.99 Å². The fourth-order valence-electron chi connectivity index (χ4n) is 0.903. The van der Waals surface area contributed by atoms with Gasteiger partial charge in [-0.2, -0.15) is 0 Å². The molecule has 2 rings (SSSR count). The van der Waals surface area contributed by atoms with Gasteiger partial charge in [-0.05, 0) is 11.4 Å². The quantitative estimate of drug-likeness (QED) is 0.629. The summed E-state index contributed by atoms with van der Waals surface area (Å²) >= 11 is 3.67. The lowest BCUT2D eigenvalue weighted by Crippen LogP contribution is -1.78. The molecule has 0 spiro atoms. The van der Waals surface area contributed by atoms with Gasteiger partial charge in [-0.15, -0.1) is 23.1 Å². The van der Waals surface area contributed by atoms with Gasteiger partial charge in [0.15, 0.2) is 0 Å². The molecule has 0 amide bonds. The molecule has 1 atom stereocenters. The minimum atomic E-state index is 0.403. The van der Waals surface area contributed by atoms with Crippen LogP contribution in [0.15, 0.2) is 22.5 Å². The second kappa shape index (κ2) is 2.76. The first-order chi connectivity index (χ1) is 4.97. The summed E-state index contributed by atoms with van der Waals surface area (Å²) in [7, 11) is 0. The molecule has 0 aliphatic carbocycles. The van der Waals surface area contributed by atoms with E-state index in [1.54, 1.807) is 11.3 Å². The molecule has 2 heterocycles. The topological polar surface area (TPSA) is 12.4 Å². The third-order valence-electron chi connectivity index (χ3n) is 1.36. The van der Waals surface area contributed by atoms with Gasteiger partial charge in [-0.1, -0.05) is 6.07 Å². The molecule has 1 nitrogen and oxygen atoms in total. The summed E-state index contributed by atoms with van der Waals surface area (Å²) in [4.78, 5) is 5.70. The van der Waals surface area contributed by atoms with Crippen LogP contribution in [0.4, 0.5) is 0 Å². The van der Waals surface area contributed by atoms with E-state index in [0.717, 1.165) is 5.75 Å². The van der Waals surface area contributed by atoms with E-state index < -0.39 is 0 Å². The van der Waals surface area contributed by atoms with Crippen LogP contribution in [-0.2, 0) is 0 Å². The van der Waals surface area contributed by atoms with Gasteiger partial charge >= 0.3 is 0 Å². The van der Waals surface area contributed by atoms with Crippen LogP contribution in [0.1, 0.15) is 10.3 Å². The monoisotopic (exact) mass is 169 g/mol. The molecule has 0 fully saturated rings. The molecule has 0 aromatic carbocycles. The van der Waals surface area contributed by atoms with Crippen molar-refractivity contribution in [3.8, 4) is 0 Å². The van der Waals surface area contributed by atoms with Crippen LogP contribution in [0.25, 0.3) is 0 Å². The summed E-state index contributed by atoms with van der Waals surface area (Å²) < 4.78 is 0. The van der Waals surface area contributed by atoms with Crippen LogP contribution in [0.5, 0.6) is 0 Å². The highest BCUT2D eigenvalue weighted by molar-refractivity contribution is 8.00. The first-order valence-electron chi connectivity index (χ1n) is 3.13. The van der Waals surface area contributed by atoms with Gasteiger partial charge in [0.25, 0.3) is 0 Å². The summed E-state index contributed by atoms with van der Waals surface area (Å²) in [5, 5.41) is 2.50. The van der Waals surface area contributed by atoms with Crippen molar-refractivity contribution < 1.29 is 0 Å². The SMILES string of the molecule is C1=NC(c2cccs2)SC1. The zero-order chi connectivity index (χ0) is 6.81. The molecule has 1 aliphatic heterocycles. The summed E-state index contributed by atoms with van der Waals surface area (Å²) in [5.74, 6) is 1.07. The second-order valence-electron chi connectivity index (χ2n) is 2.03. The smallest absolute Gasteiger partial charge is 0.129 e. The molecule has 0 saturated carbocycles. The average molecular weight is 169 g/mol. The van der Waals surface area contributed by atoms with E-state index in [9.17, 15) is 0 Å². The number of thiophene rings is 1. The van der Waals surface area contributed by atoms with Gasteiger partial charge in [-0.3, -0.25) is 4.99 Å². The number of aliphatic imine (C=N–C) groups is 1. The normalized spacial score (nSPS) is 23.8. The molecule has 1 aromatic heterocycles. The highest BCUT2D eigenvalue weighted by atomic mass is 32.2. The molecule has 1 unspecified atom stereocenters. The van der Waals surface area contributed by atoms with Gasteiger partial charge in [0, 0.05) is 16.8 Å². The van der Waals surface area contributed by atoms with Gasteiger partial charge in [0.05, 0.1) is 0 Å². The Morgan fingerprint density at radius 2 is 2.60 bits per heavy atom. The molecular weight excluding hydrogens is 162 g/mol. The molecule has 0 bridgehead atoms. The van der Waals surface area contributed by atoms with Gasteiger partial charge < -0.3 is 0 Å². The highest BCUT2D eigenvalue weighted by Gasteiger charge is 2.13. The lowest BCUT2D eigenvalue weighted by atomic mass is 10.5. The summed E-state index contributed by atoms with van der Waals surface area (Å²) in [5.41, 5.74) is 0. The number of hydrogen-bond acceptors (Lipinski definition) is 3. The first-order valence-corrected chi connectivity index (χ1v) is 5.06. The predicted octanol–water partition coefficient (Wildman–Crippen LogP) is 2.56. The maximum atomic E-state index is 4.33. The van der Waals surface area contributed by atoms with Crippen LogP contribution in [0.2, 0.25) is 0 Å². The molecule has 3 heteroatoms. The summed E-state index contributed by atoms with van der Waals surface area (Å²) in [6, 6.07) is 4.22. The molecule has 0 N–H and O–H groups in total. The number of hydrogen-bond donors (Lipinski definition) is 0. The summed E-state index contributed by atoms with van der Waals surface area (Å²) in [6.07, 6.45) is 2.00. The van der Waals surface area contributed by atoms with Crippen molar-refractivity contribution in [3.63, 3.8) is 0 Å². The number of thioether (sulfide) groups is 1. The van der Waals surface area contributed by atoms with E-state index in [4.69, 9.17) is 0 Å². The van der Waals surface area contributed by atoms with Gasteiger partial charge in [-0.25, -0.2) is 0 Å². The lowest BCUT2D eigenvalue weighted by Gasteiger charge is -1.99. The minimum Gasteiger partial charge on any atom is -0.277 e. The Labute approximate surface area is 68.2 Å². The fraction of sp³-hybridized carbons (Fsp3) is 0.286. The van der Waals surface area contributed by atoms with E-state index in [1.165, 1.54) is 4.88 Å². The largest absolute Gasteiger partial charge is 0.277 e. The Bertz CT molecular complexity index is 228. The molecule has 0 radical (unpaired) electrons. The van der Waals surface area contributed by atoms with Crippen molar-refractivity contribution in [3.05, 3.63) is 22.4 Å². The van der Waals surface area contributed by atoms with Crippen LogP contribution >= 0.6 is 23.1 Å².